The van der Waals surface area contributed by atoms with E-state index in [0.29, 0.717) is 25.1 Å². The Kier molecular flexibility index (Phi) is 5.30. The highest BCUT2D eigenvalue weighted by atomic mass is 16.2. The van der Waals surface area contributed by atoms with Gasteiger partial charge in [0, 0.05) is 31.6 Å². The molecular formula is C20H28N4O2. The third kappa shape index (κ3) is 4.06. The Labute approximate surface area is 154 Å². The minimum atomic E-state index is -0.0815. The molecule has 0 saturated heterocycles. The fraction of sp³-hybridized carbons (Fsp3) is 0.550. The Morgan fingerprint density at radius 3 is 2.58 bits per heavy atom. The zero-order valence-corrected chi connectivity index (χ0v) is 15.9. The Balaban J connectivity index is 1.50. The SMILES string of the molecule is CC(C)(C)c1ccc(C(=O)NCCCn2nc3n(c2=O)CCCC3)cc1. The fourth-order valence-electron chi connectivity index (χ4n) is 3.25. The molecule has 6 nitrogen and oxygen atoms in total. The molecule has 6 heteroatoms. The van der Waals surface area contributed by atoms with E-state index in [2.05, 4.69) is 31.2 Å². The summed E-state index contributed by atoms with van der Waals surface area (Å²) in [7, 11) is 0. The monoisotopic (exact) mass is 356 g/mol. The van der Waals surface area contributed by atoms with Crippen molar-refractivity contribution in [2.24, 2.45) is 0 Å². The zero-order valence-electron chi connectivity index (χ0n) is 15.9. The maximum absolute atomic E-state index is 12.3. The Morgan fingerprint density at radius 2 is 1.92 bits per heavy atom. The summed E-state index contributed by atoms with van der Waals surface area (Å²) >= 11 is 0. The van der Waals surface area contributed by atoms with Crippen molar-refractivity contribution in [2.45, 2.75) is 65.0 Å². The van der Waals surface area contributed by atoms with E-state index in [9.17, 15) is 9.59 Å². The lowest BCUT2D eigenvalue weighted by Gasteiger charge is -2.19. The molecule has 1 aromatic carbocycles. The lowest BCUT2D eigenvalue weighted by molar-refractivity contribution is 0.0952. The van der Waals surface area contributed by atoms with Crippen molar-refractivity contribution in [3.05, 3.63) is 51.7 Å². The number of amides is 1. The average Bonchev–Trinajstić information content (AvgIpc) is 2.94. The van der Waals surface area contributed by atoms with E-state index in [0.717, 1.165) is 31.6 Å². The van der Waals surface area contributed by atoms with Gasteiger partial charge in [-0.1, -0.05) is 32.9 Å². The van der Waals surface area contributed by atoms with Gasteiger partial charge in [-0.2, -0.15) is 5.10 Å². The summed E-state index contributed by atoms with van der Waals surface area (Å²) in [6, 6.07) is 7.74. The molecular weight excluding hydrogens is 328 g/mol. The fourth-order valence-corrected chi connectivity index (χ4v) is 3.25. The van der Waals surface area contributed by atoms with Crippen LogP contribution in [0, 0.1) is 0 Å². The van der Waals surface area contributed by atoms with Crippen LogP contribution in [0.25, 0.3) is 0 Å². The third-order valence-corrected chi connectivity index (χ3v) is 4.88. The van der Waals surface area contributed by atoms with Gasteiger partial charge in [0.15, 0.2) is 0 Å². The molecule has 1 amide bonds. The second kappa shape index (κ2) is 7.48. The number of nitrogens with zero attached hydrogens (tertiary/aromatic N) is 3. The maximum atomic E-state index is 12.3. The van der Waals surface area contributed by atoms with Crippen molar-refractivity contribution in [3.63, 3.8) is 0 Å². The van der Waals surface area contributed by atoms with Gasteiger partial charge in [0.05, 0.1) is 0 Å². The van der Waals surface area contributed by atoms with Gasteiger partial charge in [-0.3, -0.25) is 9.36 Å². The van der Waals surface area contributed by atoms with Gasteiger partial charge < -0.3 is 5.32 Å². The minimum Gasteiger partial charge on any atom is -0.352 e. The maximum Gasteiger partial charge on any atom is 0.345 e. The molecule has 1 N–H and O–H groups in total. The second-order valence-electron chi connectivity index (χ2n) is 7.97. The first-order chi connectivity index (χ1) is 12.4. The quantitative estimate of drug-likeness (QED) is 0.837. The second-order valence-corrected chi connectivity index (χ2v) is 7.97. The Bertz CT molecular complexity index is 825. The third-order valence-electron chi connectivity index (χ3n) is 4.88. The summed E-state index contributed by atoms with van der Waals surface area (Å²) in [5, 5.41) is 7.33. The molecule has 0 fully saturated rings. The molecule has 0 spiro atoms. The number of hydrogen-bond acceptors (Lipinski definition) is 3. The Hall–Kier alpha value is -2.37. The van der Waals surface area contributed by atoms with E-state index in [1.54, 1.807) is 4.57 Å². The first-order valence-corrected chi connectivity index (χ1v) is 9.41. The van der Waals surface area contributed by atoms with Gasteiger partial charge in [0.2, 0.25) is 0 Å². The molecule has 2 aromatic rings. The summed E-state index contributed by atoms with van der Waals surface area (Å²) in [5.41, 5.74) is 1.92. The zero-order chi connectivity index (χ0) is 18.7. The number of aromatic nitrogens is 3. The van der Waals surface area contributed by atoms with Crippen LogP contribution < -0.4 is 11.0 Å². The topological polar surface area (TPSA) is 68.9 Å². The number of rotatable bonds is 5. The van der Waals surface area contributed by atoms with Crippen LogP contribution in [0.1, 0.15) is 61.8 Å². The van der Waals surface area contributed by atoms with Crippen LogP contribution >= 0.6 is 0 Å². The molecule has 1 aliphatic heterocycles. The molecule has 0 aliphatic carbocycles. The van der Waals surface area contributed by atoms with Gasteiger partial charge in [-0.15, -0.1) is 0 Å². The molecule has 0 bridgehead atoms. The van der Waals surface area contributed by atoms with Crippen molar-refractivity contribution in [1.29, 1.82) is 0 Å². The van der Waals surface area contributed by atoms with Crippen LogP contribution in [0.5, 0.6) is 0 Å². The normalized spacial score (nSPS) is 14.1. The Morgan fingerprint density at radius 1 is 1.19 bits per heavy atom. The highest BCUT2D eigenvalue weighted by Gasteiger charge is 2.16. The van der Waals surface area contributed by atoms with Crippen LogP contribution in [0.2, 0.25) is 0 Å². The summed E-state index contributed by atoms with van der Waals surface area (Å²) in [6.07, 6.45) is 3.70. The van der Waals surface area contributed by atoms with Crippen molar-refractivity contribution in [3.8, 4) is 0 Å². The molecule has 0 atom stereocenters. The largest absolute Gasteiger partial charge is 0.352 e. The van der Waals surface area contributed by atoms with E-state index in [-0.39, 0.29) is 17.0 Å². The molecule has 1 aromatic heterocycles. The summed E-state index contributed by atoms with van der Waals surface area (Å²) in [4.78, 5) is 24.5. The number of nitrogens with one attached hydrogen (secondary N) is 1. The predicted octanol–water partition coefficient (Wildman–Crippen LogP) is 2.50. The van der Waals surface area contributed by atoms with Crippen molar-refractivity contribution < 1.29 is 4.79 Å². The average molecular weight is 356 g/mol. The molecule has 0 unspecified atom stereocenters. The highest BCUT2D eigenvalue weighted by Crippen LogP contribution is 2.22. The molecule has 2 heterocycles. The number of hydrogen-bond donors (Lipinski definition) is 1. The van der Waals surface area contributed by atoms with E-state index < -0.39 is 0 Å². The van der Waals surface area contributed by atoms with Crippen molar-refractivity contribution in [2.75, 3.05) is 6.54 Å². The van der Waals surface area contributed by atoms with E-state index in [1.165, 1.54) is 10.2 Å². The standard InChI is InChI=1S/C20H28N4O2/c1-20(2,3)16-10-8-15(9-11-16)18(25)21-12-6-14-24-19(26)23-13-5-4-7-17(23)22-24/h8-11H,4-7,12-14H2,1-3H3,(H,21,25). The number of aryl methyl sites for hydroxylation is 2. The van der Waals surface area contributed by atoms with E-state index in [4.69, 9.17) is 0 Å². The van der Waals surface area contributed by atoms with Gasteiger partial charge in [-0.05, 0) is 42.4 Å². The first-order valence-electron chi connectivity index (χ1n) is 9.41. The number of fused-ring (bicyclic) bond motifs is 1. The first kappa shape index (κ1) is 18.4. The summed E-state index contributed by atoms with van der Waals surface area (Å²) in [6.45, 7) is 8.28. The van der Waals surface area contributed by atoms with Crippen molar-refractivity contribution >= 4 is 5.91 Å². The number of carbonyl (C=O) groups excluding carboxylic acids is 1. The molecule has 0 radical (unpaired) electrons. The van der Waals surface area contributed by atoms with E-state index >= 15 is 0 Å². The van der Waals surface area contributed by atoms with Gasteiger partial charge in [0.1, 0.15) is 5.82 Å². The van der Waals surface area contributed by atoms with Crippen LogP contribution in [0.4, 0.5) is 0 Å². The highest BCUT2D eigenvalue weighted by molar-refractivity contribution is 5.94. The van der Waals surface area contributed by atoms with Crippen molar-refractivity contribution in [1.82, 2.24) is 19.7 Å². The van der Waals surface area contributed by atoms with Crippen LogP contribution in [0.15, 0.2) is 29.1 Å². The lowest BCUT2D eigenvalue weighted by Crippen LogP contribution is -2.29. The molecule has 3 rings (SSSR count). The molecule has 0 saturated carbocycles. The minimum absolute atomic E-state index is 0.0243. The molecule has 140 valence electrons. The molecule has 1 aliphatic rings. The van der Waals surface area contributed by atoms with Gasteiger partial charge in [-0.25, -0.2) is 9.48 Å². The van der Waals surface area contributed by atoms with Crippen LogP contribution in [0.3, 0.4) is 0 Å². The summed E-state index contributed by atoms with van der Waals surface area (Å²) in [5.74, 6) is 0.811. The van der Waals surface area contributed by atoms with Crippen LogP contribution in [-0.4, -0.2) is 26.8 Å². The van der Waals surface area contributed by atoms with Crippen LogP contribution in [-0.2, 0) is 24.9 Å². The predicted molar refractivity (Wildman–Crippen MR) is 102 cm³/mol. The van der Waals surface area contributed by atoms with Gasteiger partial charge in [0.25, 0.3) is 5.91 Å². The number of carbonyl (C=O) groups is 1. The van der Waals surface area contributed by atoms with Gasteiger partial charge >= 0.3 is 5.69 Å². The van der Waals surface area contributed by atoms with E-state index in [1.807, 2.05) is 24.3 Å². The smallest absolute Gasteiger partial charge is 0.345 e. The molecule has 26 heavy (non-hydrogen) atoms. The summed E-state index contributed by atoms with van der Waals surface area (Å²) < 4.78 is 3.31. The number of benzene rings is 1. The lowest BCUT2D eigenvalue weighted by atomic mass is 9.87.